The highest BCUT2D eigenvalue weighted by molar-refractivity contribution is 14.1. The summed E-state index contributed by atoms with van der Waals surface area (Å²) in [5.41, 5.74) is 0. The minimum absolute atomic E-state index is 0.128. The minimum atomic E-state index is -0.128. The van der Waals surface area contributed by atoms with Gasteiger partial charge in [-0.05, 0) is 6.42 Å². The van der Waals surface area contributed by atoms with E-state index in [2.05, 4.69) is 29.5 Å². The first-order valence-corrected chi connectivity index (χ1v) is 7.34. The van der Waals surface area contributed by atoms with Crippen molar-refractivity contribution in [2.24, 2.45) is 0 Å². The molecule has 0 fully saturated rings. The van der Waals surface area contributed by atoms with Gasteiger partial charge in [0.05, 0.1) is 0 Å². The van der Waals surface area contributed by atoms with Crippen LogP contribution >= 0.6 is 22.6 Å². The van der Waals surface area contributed by atoms with Crippen LogP contribution in [0, 0.1) is 0 Å². The van der Waals surface area contributed by atoms with E-state index in [1.807, 2.05) is 0 Å². The van der Waals surface area contributed by atoms with E-state index in [0.717, 1.165) is 6.42 Å². The van der Waals surface area contributed by atoms with Gasteiger partial charge in [-0.1, -0.05) is 87.3 Å². The Labute approximate surface area is 103 Å². The summed E-state index contributed by atoms with van der Waals surface area (Å²) in [4.78, 5) is 0. The Balaban J connectivity index is 2.85. The molecule has 0 radical (unpaired) electrons. The molecule has 0 aliphatic rings. The van der Waals surface area contributed by atoms with Crippen LogP contribution in [-0.4, -0.2) is 9.22 Å². The zero-order valence-corrected chi connectivity index (χ0v) is 11.6. The monoisotopic (exact) mass is 312 g/mol. The number of unbranched alkanes of at least 4 members (excludes halogenated alkanes) is 8. The highest BCUT2D eigenvalue weighted by Crippen LogP contribution is 2.12. The summed E-state index contributed by atoms with van der Waals surface area (Å²) in [5, 5.41) is 9.04. The molecule has 0 amide bonds. The molecular formula is C12H25IO. The summed E-state index contributed by atoms with van der Waals surface area (Å²) < 4.78 is -0.128. The second kappa shape index (κ2) is 11.8. The Morgan fingerprint density at radius 1 is 0.857 bits per heavy atom. The number of aliphatic hydroxyl groups excluding tert-OH is 1. The SMILES string of the molecule is CCCCCCCCCCCC(O)I. The predicted molar refractivity (Wildman–Crippen MR) is 71.9 cm³/mol. The molecule has 0 rings (SSSR count). The largest absolute Gasteiger partial charge is 0.383 e. The molecule has 14 heavy (non-hydrogen) atoms. The van der Waals surface area contributed by atoms with Gasteiger partial charge in [-0.15, -0.1) is 0 Å². The number of alkyl halides is 1. The molecule has 2 heteroatoms. The van der Waals surface area contributed by atoms with Crippen LogP contribution in [0.25, 0.3) is 0 Å². The second-order valence-electron chi connectivity index (χ2n) is 4.05. The van der Waals surface area contributed by atoms with E-state index in [9.17, 15) is 0 Å². The summed E-state index contributed by atoms with van der Waals surface area (Å²) in [6.45, 7) is 2.26. The molecule has 0 aromatic heterocycles. The standard InChI is InChI=1S/C12H25IO/c1-2-3-4-5-6-7-8-9-10-11-12(13)14/h12,14H,2-11H2,1H3. The fourth-order valence-electron chi connectivity index (χ4n) is 1.62. The lowest BCUT2D eigenvalue weighted by atomic mass is 10.1. The Morgan fingerprint density at radius 2 is 1.29 bits per heavy atom. The van der Waals surface area contributed by atoms with E-state index >= 15 is 0 Å². The molecular weight excluding hydrogens is 287 g/mol. The number of hydrogen-bond donors (Lipinski definition) is 1. The van der Waals surface area contributed by atoms with Gasteiger partial charge in [-0.3, -0.25) is 0 Å². The van der Waals surface area contributed by atoms with E-state index in [-0.39, 0.29) is 4.11 Å². The highest BCUT2D eigenvalue weighted by Gasteiger charge is 1.96. The maximum atomic E-state index is 9.04. The van der Waals surface area contributed by atoms with Crippen LogP contribution < -0.4 is 0 Å². The highest BCUT2D eigenvalue weighted by atomic mass is 127. The van der Waals surface area contributed by atoms with Gasteiger partial charge in [0, 0.05) is 0 Å². The fraction of sp³-hybridized carbons (Fsp3) is 1.00. The molecule has 1 N–H and O–H groups in total. The normalized spacial score (nSPS) is 13.1. The summed E-state index contributed by atoms with van der Waals surface area (Å²) in [5.74, 6) is 0. The lowest BCUT2D eigenvalue weighted by Crippen LogP contribution is -1.93. The molecule has 0 aromatic carbocycles. The van der Waals surface area contributed by atoms with Crippen molar-refractivity contribution in [1.82, 2.24) is 0 Å². The topological polar surface area (TPSA) is 20.2 Å². The van der Waals surface area contributed by atoms with Crippen molar-refractivity contribution in [3.05, 3.63) is 0 Å². The lowest BCUT2D eigenvalue weighted by molar-refractivity contribution is 0.263. The van der Waals surface area contributed by atoms with Crippen LogP contribution in [0.15, 0.2) is 0 Å². The molecule has 0 spiro atoms. The van der Waals surface area contributed by atoms with E-state index in [4.69, 9.17) is 5.11 Å². The molecule has 0 saturated heterocycles. The summed E-state index contributed by atoms with van der Waals surface area (Å²) in [7, 11) is 0. The molecule has 0 bridgehead atoms. The number of rotatable bonds is 10. The van der Waals surface area contributed by atoms with E-state index in [1.54, 1.807) is 0 Å². The third kappa shape index (κ3) is 12.7. The average molecular weight is 312 g/mol. The maximum absolute atomic E-state index is 9.04. The third-order valence-corrected chi connectivity index (χ3v) is 3.17. The smallest absolute Gasteiger partial charge is 0.105 e. The van der Waals surface area contributed by atoms with Crippen LogP contribution in [0.1, 0.15) is 71.1 Å². The van der Waals surface area contributed by atoms with Crippen molar-refractivity contribution >= 4 is 22.6 Å². The Morgan fingerprint density at radius 3 is 1.71 bits per heavy atom. The molecule has 0 heterocycles. The van der Waals surface area contributed by atoms with Crippen LogP contribution in [-0.2, 0) is 0 Å². The lowest BCUT2D eigenvalue weighted by Gasteiger charge is -2.03. The van der Waals surface area contributed by atoms with Crippen LogP contribution in [0.3, 0.4) is 0 Å². The Kier molecular flexibility index (Phi) is 12.3. The molecule has 86 valence electrons. The van der Waals surface area contributed by atoms with Crippen LogP contribution in [0.2, 0.25) is 0 Å². The van der Waals surface area contributed by atoms with Crippen molar-refractivity contribution in [2.75, 3.05) is 0 Å². The average Bonchev–Trinajstić information content (AvgIpc) is 2.15. The number of halogens is 1. The van der Waals surface area contributed by atoms with Crippen molar-refractivity contribution in [2.45, 2.75) is 75.2 Å². The van der Waals surface area contributed by atoms with Gasteiger partial charge in [-0.25, -0.2) is 0 Å². The number of hydrogen-bond acceptors (Lipinski definition) is 1. The molecule has 0 saturated carbocycles. The Hall–Kier alpha value is 0.690. The summed E-state index contributed by atoms with van der Waals surface area (Å²) in [6, 6.07) is 0. The zero-order valence-electron chi connectivity index (χ0n) is 9.47. The fourth-order valence-corrected chi connectivity index (χ4v) is 2.06. The van der Waals surface area contributed by atoms with Crippen molar-refractivity contribution in [3.63, 3.8) is 0 Å². The van der Waals surface area contributed by atoms with Gasteiger partial charge in [0.15, 0.2) is 0 Å². The second-order valence-corrected chi connectivity index (χ2v) is 5.49. The summed E-state index contributed by atoms with van der Waals surface area (Å²) in [6.07, 6.45) is 13.2. The first-order valence-electron chi connectivity index (χ1n) is 6.09. The first kappa shape index (κ1) is 14.7. The molecule has 1 atom stereocenters. The van der Waals surface area contributed by atoms with Gasteiger partial charge in [0.25, 0.3) is 0 Å². The Bertz CT molecular complexity index is 104. The molecule has 0 aliphatic carbocycles. The quantitative estimate of drug-likeness (QED) is 0.353. The van der Waals surface area contributed by atoms with Gasteiger partial charge in [-0.2, -0.15) is 0 Å². The first-order chi connectivity index (χ1) is 6.77. The maximum Gasteiger partial charge on any atom is 0.105 e. The van der Waals surface area contributed by atoms with Crippen LogP contribution in [0.4, 0.5) is 0 Å². The van der Waals surface area contributed by atoms with E-state index < -0.39 is 0 Å². The number of aliphatic hydroxyl groups is 1. The van der Waals surface area contributed by atoms with Gasteiger partial charge < -0.3 is 5.11 Å². The molecule has 0 aliphatic heterocycles. The van der Waals surface area contributed by atoms with Gasteiger partial charge in [0.1, 0.15) is 4.11 Å². The van der Waals surface area contributed by atoms with Crippen molar-refractivity contribution in [3.8, 4) is 0 Å². The van der Waals surface area contributed by atoms with E-state index in [0.29, 0.717) is 0 Å². The van der Waals surface area contributed by atoms with E-state index in [1.165, 1.54) is 57.8 Å². The predicted octanol–water partition coefficient (Wildman–Crippen LogP) is 4.66. The summed E-state index contributed by atoms with van der Waals surface area (Å²) >= 11 is 2.08. The zero-order chi connectivity index (χ0) is 10.6. The molecule has 0 aromatic rings. The van der Waals surface area contributed by atoms with Gasteiger partial charge >= 0.3 is 0 Å². The van der Waals surface area contributed by atoms with Crippen molar-refractivity contribution < 1.29 is 5.11 Å². The minimum Gasteiger partial charge on any atom is -0.383 e. The molecule has 1 nitrogen and oxygen atoms in total. The molecule has 1 unspecified atom stereocenters. The van der Waals surface area contributed by atoms with Crippen molar-refractivity contribution in [1.29, 1.82) is 0 Å². The van der Waals surface area contributed by atoms with Crippen LogP contribution in [0.5, 0.6) is 0 Å². The van der Waals surface area contributed by atoms with Gasteiger partial charge in [0.2, 0.25) is 0 Å². The third-order valence-electron chi connectivity index (χ3n) is 2.55.